The molecule has 0 spiro atoms. The van der Waals surface area contributed by atoms with Crippen molar-refractivity contribution in [3.05, 3.63) is 75.3 Å². The average molecular weight is 278 g/mol. The largest absolute Gasteiger partial charge is 0.324 e. The van der Waals surface area contributed by atoms with Gasteiger partial charge in [-0.3, -0.25) is 10.1 Å². The zero-order valence-electron chi connectivity index (χ0n) is 10.4. The van der Waals surface area contributed by atoms with Crippen LogP contribution in [0, 0.1) is 21.7 Å². The summed E-state index contributed by atoms with van der Waals surface area (Å²) in [7, 11) is 0. The van der Waals surface area contributed by atoms with Crippen molar-refractivity contribution in [3.8, 4) is 0 Å². The van der Waals surface area contributed by atoms with Gasteiger partial charge in [0.2, 0.25) is 0 Å². The van der Waals surface area contributed by atoms with Gasteiger partial charge < -0.3 is 5.73 Å². The van der Waals surface area contributed by atoms with Crippen molar-refractivity contribution in [2.75, 3.05) is 0 Å². The number of nitro groups is 1. The topological polar surface area (TPSA) is 69.2 Å². The summed E-state index contributed by atoms with van der Waals surface area (Å²) in [6.07, 6.45) is 0.306. The maximum atomic E-state index is 13.6. The van der Waals surface area contributed by atoms with Crippen LogP contribution >= 0.6 is 0 Å². The van der Waals surface area contributed by atoms with Gasteiger partial charge in [0.1, 0.15) is 11.6 Å². The summed E-state index contributed by atoms with van der Waals surface area (Å²) in [6.45, 7) is 0. The quantitative estimate of drug-likeness (QED) is 0.690. The van der Waals surface area contributed by atoms with Gasteiger partial charge in [-0.05, 0) is 18.1 Å². The Morgan fingerprint density at radius 1 is 1.15 bits per heavy atom. The van der Waals surface area contributed by atoms with Crippen molar-refractivity contribution in [1.29, 1.82) is 0 Å². The van der Waals surface area contributed by atoms with Crippen LogP contribution in [0.15, 0.2) is 42.5 Å². The summed E-state index contributed by atoms with van der Waals surface area (Å²) in [6, 6.07) is 8.46. The van der Waals surface area contributed by atoms with Crippen LogP contribution in [0.25, 0.3) is 0 Å². The van der Waals surface area contributed by atoms with Crippen molar-refractivity contribution in [1.82, 2.24) is 0 Å². The smallest absolute Gasteiger partial charge is 0.269 e. The SMILES string of the molecule is NC(Cc1ccc([N+](=O)[O-])cc1)c1ccc(F)cc1F. The Bertz CT molecular complexity index is 630. The Labute approximate surface area is 114 Å². The fourth-order valence-corrected chi connectivity index (χ4v) is 1.92. The minimum Gasteiger partial charge on any atom is -0.324 e. The van der Waals surface area contributed by atoms with Crippen LogP contribution < -0.4 is 5.73 Å². The summed E-state index contributed by atoms with van der Waals surface area (Å²) < 4.78 is 26.4. The van der Waals surface area contributed by atoms with Crippen LogP contribution in [0.2, 0.25) is 0 Å². The molecule has 2 aromatic carbocycles. The molecule has 0 aliphatic carbocycles. The van der Waals surface area contributed by atoms with Crippen LogP contribution in [0.5, 0.6) is 0 Å². The van der Waals surface area contributed by atoms with E-state index in [0.717, 1.165) is 17.7 Å². The number of nitrogens with two attached hydrogens (primary N) is 1. The van der Waals surface area contributed by atoms with Crippen LogP contribution in [0.1, 0.15) is 17.2 Å². The molecule has 2 aromatic rings. The standard InChI is InChI=1S/C14H12F2N2O2/c15-10-3-6-12(13(16)8-10)14(17)7-9-1-4-11(5-2-9)18(19)20/h1-6,8,14H,7,17H2. The molecular weight excluding hydrogens is 266 g/mol. The molecule has 2 rings (SSSR count). The second kappa shape index (κ2) is 5.75. The second-order valence-electron chi connectivity index (χ2n) is 4.40. The Morgan fingerprint density at radius 2 is 1.80 bits per heavy atom. The van der Waals surface area contributed by atoms with E-state index in [2.05, 4.69) is 0 Å². The molecule has 1 atom stereocenters. The van der Waals surface area contributed by atoms with Gasteiger partial charge in [0.05, 0.1) is 4.92 Å². The summed E-state index contributed by atoms with van der Waals surface area (Å²) in [5, 5.41) is 10.5. The van der Waals surface area contributed by atoms with Crippen LogP contribution in [0.3, 0.4) is 0 Å². The van der Waals surface area contributed by atoms with Gasteiger partial charge in [-0.2, -0.15) is 0 Å². The molecule has 1 unspecified atom stereocenters. The lowest BCUT2D eigenvalue weighted by Crippen LogP contribution is -2.15. The molecule has 6 heteroatoms. The molecule has 2 N–H and O–H groups in total. The third-order valence-electron chi connectivity index (χ3n) is 2.96. The van der Waals surface area contributed by atoms with Crippen LogP contribution in [-0.4, -0.2) is 4.92 Å². The van der Waals surface area contributed by atoms with Gasteiger partial charge in [0.25, 0.3) is 5.69 Å². The van der Waals surface area contributed by atoms with Crippen LogP contribution in [-0.2, 0) is 6.42 Å². The molecule has 0 fully saturated rings. The molecule has 4 nitrogen and oxygen atoms in total. The van der Waals surface area contributed by atoms with Crippen molar-refractivity contribution in [2.45, 2.75) is 12.5 Å². The van der Waals surface area contributed by atoms with Crippen LogP contribution in [0.4, 0.5) is 14.5 Å². The lowest BCUT2D eigenvalue weighted by Gasteiger charge is -2.13. The van der Waals surface area contributed by atoms with E-state index in [4.69, 9.17) is 5.73 Å². The molecule has 20 heavy (non-hydrogen) atoms. The Hall–Kier alpha value is -2.34. The second-order valence-corrected chi connectivity index (χ2v) is 4.40. The molecular formula is C14H12F2N2O2. The Kier molecular flexibility index (Phi) is 4.05. The normalized spacial score (nSPS) is 12.2. The third kappa shape index (κ3) is 3.16. The Morgan fingerprint density at radius 3 is 2.35 bits per heavy atom. The first-order valence-corrected chi connectivity index (χ1v) is 5.91. The lowest BCUT2D eigenvalue weighted by atomic mass is 9.99. The van der Waals surface area contributed by atoms with Gasteiger partial charge in [-0.25, -0.2) is 8.78 Å². The van der Waals surface area contributed by atoms with Gasteiger partial charge in [-0.15, -0.1) is 0 Å². The molecule has 0 heterocycles. The summed E-state index contributed by atoms with van der Waals surface area (Å²) in [4.78, 5) is 10.0. The average Bonchev–Trinajstić information content (AvgIpc) is 2.39. The number of nitrogens with zero attached hydrogens (tertiary/aromatic N) is 1. The van der Waals surface area contributed by atoms with E-state index in [-0.39, 0.29) is 11.3 Å². The van der Waals surface area contributed by atoms with Gasteiger partial charge in [0.15, 0.2) is 0 Å². The van der Waals surface area contributed by atoms with E-state index < -0.39 is 22.6 Å². The summed E-state index contributed by atoms with van der Waals surface area (Å²) >= 11 is 0. The van der Waals surface area contributed by atoms with Gasteiger partial charge in [-0.1, -0.05) is 18.2 Å². The van der Waals surface area contributed by atoms with E-state index in [1.165, 1.54) is 18.2 Å². The summed E-state index contributed by atoms with van der Waals surface area (Å²) in [5.74, 6) is -1.35. The highest BCUT2D eigenvalue weighted by molar-refractivity contribution is 5.34. The van der Waals surface area contributed by atoms with E-state index >= 15 is 0 Å². The number of halogens is 2. The fourth-order valence-electron chi connectivity index (χ4n) is 1.92. The first-order valence-electron chi connectivity index (χ1n) is 5.91. The predicted octanol–water partition coefficient (Wildman–Crippen LogP) is 3.12. The summed E-state index contributed by atoms with van der Waals surface area (Å²) in [5.41, 5.74) is 6.82. The number of rotatable bonds is 4. The van der Waals surface area contributed by atoms with Gasteiger partial charge >= 0.3 is 0 Å². The van der Waals surface area contributed by atoms with Crippen molar-refractivity contribution >= 4 is 5.69 Å². The molecule has 0 saturated heterocycles. The zero-order valence-corrected chi connectivity index (χ0v) is 10.4. The number of hydrogen-bond acceptors (Lipinski definition) is 3. The van der Waals surface area contributed by atoms with E-state index in [1.807, 2.05) is 0 Å². The number of benzene rings is 2. The fraction of sp³-hybridized carbons (Fsp3) is 0.143. The molecule has 0 radical (unpaired) electrons. The monoisotopic (exact) mass is 278 g/mol. The van der Waals surface area contributed by atoms with E-state index in [9.17, 15) is 18.9 Å². The van der Waals surface area contributed by atoms with E-state index in [1.54, 1.807) is 12.1 Å². The molecule has 0 saturated carbocycles. The van der Waals surface area contributed by atoms with E-state index in [0.29, 0.717) is 6.42 Å². The van der Waals surface area contributed by atoms with Crippen molar-refractivity contribution in [2.24, 2.45) is 5.73 Å². The predicted molar refractivity (Wildman–Crippen MR) is 70.1 cm³/mol. The van der Waals surface area contributed by atoms with Crippen molar-refractivity contribution in [3.63, 3.8) is 0 Å². The lowest BCUT2D eigenvalue weighted by molar-refractivity contribution is -0.384. The highest BCUT2D eigenvalue weighted by atomic mass is 19.1. The molecule has 104 valence electrons. The highest BCUT2D eigenvalue weighted by Crippen LogP contribution is 2.21. The molecule has 0 amide bonds. The van der Waals surface area contributed by atoms with Gasteiger partial charge in [0, 0.05) is 29.8 Å². The number of nitro benzene ring substituents is 1. The maximum Gasteiger partial charge on any atom is 0.269 e. The minimum absolute atomic E-state index is 0.0183. The number of hydrogen-bond donors (Lipinski definition) is 1. The van der Waals surface area contributed by atoms with Crippen molar-refractivity contribution < 1.29 is 13.7 Å². The first-order chi connectivity index (χ1) is 9.47. The maximum absolute atomic E-state index is 13.6. The molecule has 0 bridgehead atoms. The number of non-ortho nitro benzene ring substituents is 1. The molecule has 0 aliphatic rings. The minimum atomic E-state index is -0.695. The molecule has 0 aliphatic heterocycles. The zero-order chi connectivity index (χ0) is 14.7. The third-order valence-corrected chi connectivity index (χ3v) is 2.96. The highest BCUT2D eigenvalue weighted by Gasteiger charge is 2.13. The Balaban J connectivity index is 2.14. The first kappa shape index (κ1) is 14.1. The molecule has 0 aromatic heterocycles.